The summed E-state index contributed by atoms with van der Waals surface area (Å²) < 4.78 is 11.1. The average molecular weight is 298 g/mol. The number of nitrogen functional groups attached to an aromatic ring is 1. The lowest BCUT2D eigenvalue weighted by Gasteiger charge is -2.29. The topological polar surface area (TPSA) is 64.8 Å². The Kier molecular flexibility index (Phi) is 3.87. The molecule has 0 radical (unpaired) electrons. The predicted octanol–water partition coefficient (Wildman–Crippen LogP) is 2.38. The zero-order valence-electron chi connectivity index (χ0n) is 12.4. The number of ether oxygens (including phenoxy) is 2. The van der Waals surface area contributed by atoms with Crippen LogP contribution in [0.15, 0.2) is 42.5 Å². The van der Waals surface area contributed by atoms with Gasteiger partial charge in [-0.2, -0.15) is 0 Å². The molecule has 2 aromatic rings. The molecule has 3 rings (SSSR count). The van der Waals surface area contributed by atoms with Crippen molar-refractivity contribution in [3.05, 3.63) is 48.0 Å². The fourth-order valence-electron chi connectivity index (χ4n) is 2.42. The lowest BCUT2D eigenvalue weighted by molar-refractivity contribution is -0.121. The number of anilines is 2. The van der Waals surface area contributed by atoms with Crippen LogP contribution < -0.4 is 20.1 Å². The summed E-state index contributed by atoms with van der Waals surface area (Å²) >= 11 is 0. The number of amides is 1. The first kappa shape index (κ1) is 14.3. The second-order valence-corrected chi connectivity index (χ2v) is 5.23. The van der Waals surface area contributed by atoms with Crippen LogP contribution in [0.4, 0.5) is 11.4 Å². The summed E-state index contributed by atoms with van der Waals surface area (Å²) in [7, 11) is 0. The van der Waals surface area contributed by atoms with Crippen LogP contribution in [0.2, 0.25) is 0 Å². The first-order chi connectivity index (χ1) is 10.6. The first-order valence-electron chi connectivity index (χ1n) is 7.15. The molecule has 22 heavy (non-hydrogen) atoms. The predicted molar refractivity (Wildman–Crippen MR) is 85.4 cm³/mol. The van der Waals surface area contributed by atoms with Gasteiger partial charge < -0.3 is 20.1 Å². The third-order valence-electron chi connectivity index (χ3n) is 3.50. The number of aryl methyl sites for hydroxylation is 1. The molecule has 0 fully saturated rings. The van der Waals surface area contributed by atoms with E-state index in [0.717, 1.165) is 11.3 Å². The third-order valence-corrected chi connectivity index (χ3v) is 3.50. The van der Waals surface area contributed by atoms with Crippen molar-refractivity contribution < 1.29 is 14.3 Å². The molecule has 1 aliphatic rings. The van der Waals surface area contributed by atoms with Crippen molar-refractivity contribution in [2.75, 3.05) is 30.4 Å². The van der Waals surface area contributed by atoms with Crippen molar-refractivity contribution >= 4 is 17.3 Å². The van der Waals surface area contributed by atoms with E-state index in [1.165, 1.54) is 0 Å². The summed E-state index contributed by atoms with van der Waals surface area (Å²) in [4.78, 5) is 13.7. The van der Waals surface area contributed by atoms with Crippen molar-refractivity contribution in [3.8, 4) is 11.5 Å². The van der Waals surface area contributed by atoms with E-state index in [0.29, 0.717) is 30.3 Å². The van der Waals surface area contributed by atoms with E-state index in [-0.39, 0.29) is 12.5 Å². The highest BCUT2D eigenvalue weighted by Gasteiger charge is 2.25. The standard InChI is InChI=1S/C17H18N2O3/c1-12-3-2-4-14(9-12)21-8-7-19-15-10-13(18)5-6-16(15)22-11-17(19)20/h2-6,9-10H,7-8,11,18H2,1H3. The van der Waals surface area contributed by atoms with Crippen molar-refractivity contribution in [2.24, 2.45) is 0 Å². The van der Waals surface area contributed by atoms with Gasteiger partial charge in [0.05, 0.1) is 12.2 Å². The number of hydrogen-bond donors (Lipinski definition) is 1. The zero-order valence-corrected chi connectivity index (χ0v) is 12.4. The molecule has 0 saturated heterocycles. The number of nitrogens with two attached hydrogens (primary N) is 1. The molecule has 0 unspecified atom stereocenters. The smallest absolute Gasteiger partial charge is 0.265 e. The highest BCUT2D eigenvalue weighted by Crippen LogP contribution is 2.33. The van der Waals surface area contributed by atoms with E-state index in [1.807, 2.05) is 31.2 Å². The molecule has 5 heteroatoms. The molecular formula is C17H18N2O3. The minimum absolute atomic E-state index is 0.0430. The number of carbonyl (C=O) groups excluding carboxylic acids is 1. The molecule has 114 valence electrons. The Labute approximate surface area is 129 Å². The van der Waals surface area contributed by atoms with Crippen LogP contribution in [-0.2, 0) is 4.79 Å². The van der Waals surface area contributed by atoms with Crippen molar-refractivity contribution in [1.29, 1.82) is 0 Å². The molecule has 0 bridgehead atoms. The van der Waals surface area contributed by atoms with E-state index >= 15 is 0 Å². The highest BCUT2D eigenvalue weighted by molar-refractivity contribution is 5.98. The molecule has 0 atom stereocenters. The Morgan fingerprint density at radius 3 is 2.95 bits per heavy atom. The SMILES string of the molecule is Cc1cccc(OCCN2C(=O)COc3ccc(N)cc32)c1. The summed E-state index contributed by atoms with van der Waals surface area (Å²) in [5.74, 6) is 1.38. The Balaban J connectivity index is 1.70. The lowest BCUT2D eigenvalue weighted by atomic mass is 10.2. The molecule has 2 N–H and O–H groups in total. The molecule has 1 aliphatic heterocycles. The summed E-state index contributed by atoms with van der Waals surface area (Å²) in [5, 5.41) is 0. The van der Waals surface area contributed by atoms with Crippen molar-refractivity contribution in [1.82, 2.24) is 0 Å². The van der Waals surface area contributed by atoms with Gasteiger partial charge in [0.2, 0.25) is 0 Å². The second-order valence-electron chi connectivity index (χ2n) is 5.23. The molecule has 1 heterocycles. The molecule has 0 aliphatic carbocycles. The average Bonchev–Trinajstić information content (AvgIpc) is 2.50. The second kappa shape index (κ2) is 5.97. The zero-order chi connectivity index (χ0) is 15.5. The van der Waals surface area contributed by atoms with Crippen LogP contribution in [-0.4, -0.2) is 25.7 Å². The quantitative estimate of drug-likeness (QED) is 0.880. The van der Waals surface area contributed by atoms with E-state index in [2.05, 4.69) is 0 Å². The molecule has 5 nitrogen and oxygen atoms in total. The summed E-state index contributed by atoms with van der Waals surface area (Å²) in [6.07, 6.45) is 0. The Bertz CT molecular complexity index is 700. The molecule has 0 spiro atoms. The van der Waals surface area contributed by atoms with Gasteiger partial charge in [-0.05, 0) is 42.8 Å². The van der Waals surface area contributed by atoms with Gasteiger partial charge in [-0.15, -0.1) is 0 Å². The van der Waals surface area contributed by atoms with E-state index in [1.54, 1.807) is 23.1 Å². The monoisotopic (exact) mass is 298 g/mol. The van der Waals surface area contributed by atoms with Crippen molar-refractivity contribution in [3.63, 3.8) is 0 Å². The molecule has 0 saturated carbocycles. The number of fused-ring (bicyclic) bond motifs is 1. The normalized spacial score (nSPS) is 13.5. The summed E-state index contributed by atoms with van der Waals surface area (Å²) in [5.41, 5.74) is 8.24. The van der Waals surface area contributed by atoms with Crippen LogP contribution in [0.1, 0.15) is 5.56 Å². The van der Waals surface area contributed by atoms with Gasteiger partial charge in [0, 0.05) is 5.69 Å². The number of carbonyl (C=O) groups is 1. The summed E-state index contributed by atoms with van der Waals surface area (Å²) in [6, 6.07) is 13.1. The van der Waals surface area contributed by atoms with Gasteiger partial charge in [0.1, 0.15) is 18.1 Å². The Morgan fingerprint density at radius 2 is 2.14 bits per heavy atom. The number of benzene rings is 2. The van der Waals surface area contributed by atoms with Crippen LogP contribution in [0.3, 0.4) is 0 Å². The Hall–Kier alpha value is -2.69. The van der Waals surface area contributed by atoms with Gasteiger partial charge in [0.15, 0.2) is 6.61 Å². The lowest BCUT2D eigenvalue weighted by Crippen LogP contribution is -2.41. The maximum absolute atomic E-state index is 12.1. The molecule has 2 aromatic carbocycles. The number of rotatable bonds is 4. The van der Waals surface area contributed by atoms with E-state index in [9.17, 15) is 4.79 Å². The third kappa shape index (κ3) is 2.98. The van der Waals surface area contributed by atoms with Gasteiger partial charge in [-0.1, -0.05) is 12.1 Å². The maximum Gasteiger partial charge on any atom is 0.265 e. The van der Waals surface area contributed by atoms with Gasteiger partial charge in [0.25, 0.3) is 5.91 Å². The molecule has 1 amide bonds. The van der Waals surface area contributed by atoms with Gasteiger partial charge in [-0.3, -0.25) is 4.79 Å². The fourth-order valence-corrected chi connectivity index (χ4v) is 2.42. The molecule has 0 aromatic heterocycles. The van der Waals surface area contributed by atoms with Crippen LogP contribution in [0.5, 0.6) is 11.5 Å². The maximum atomic E-state index is 12.1. The largest absolute Gasteiger partial charge is 0.492 e. The Morgan fingerprint density at radius 1 is 1.27 bits per heavy atom. The first-order valence-corrected chi connectivity index (χ1v) is 7.15. The molecular weight excluding hydrogens is 280 g/mol. The van der Waals surface area contributed by atoms with Crippen molar-refractivity contribution in [2.45, 2.75) is 6.92 Å². The minimum atomic E-state index is -0.0917. The summed E-state index contributed by atoms with van der Waals surface area (Å²) in [6.45, 7) is 2.91. The highest BCUT2D eigenvalue weighted by atomic mass is 16.5. The fraction of sp³-hybridized carbons (Fsp3) is 0.235. The van der Waals surface area contributed by atoms with E-state index < -0.39 is 0 Å². The van der Waals surface area contributed by atoms with Crippen LogP contribution in [0.25, 0.3) is 0 Å². The van der Waals surface area contributed by atoms with Crippen LogP contribution in [0, 0.1) is 6.92 Å². The number of hydrogen-bond acceptors (Lipinski definition) is 4. The van der Waals surface area contributed by atoms with Gasteiger partial charge >= 0.3 is 0 Å². The van der Waals surface area contributed by atoms with E-state index in [4.69, 9.17) is 15.2 Å². The number of nitrogens with zero attached hydrogens (tertiary/aromatic N) is 1. The van der Waals surface area contributed by atoms with Gasteiger partial charge in [-0.25, -0.2) is 0 Å². The van der Waals surface area contributed by atoms with Crippen LogP contribution >= 0.6 is 0 Å². The minimum Gasteiger partial charge on any atom is -0.492 e.